The van der Waals surface area contributed by atoms with Crippen LogP contribution in [0.2, 0.25) is 11.1 Å². The molecule has 0 aromatic carbocycles. The smallest absolute Gasteiger partial charge is 0.343 e. The highest BCUT2D eigenvalue weighted by molar-refractivity contribution is 6.70. The first kappa shape index (κ1) is 16.9. The van der Waals surface area contributed by atoms with Gasteiger partial charge in [0.15, 0.2) is 5.78 Å². The summed E-state index contributed by atoms with van der Waals surface area (Å²) in [4.78, 5) is 12.4. The fraction of sp³-hybridized carbons (Fsp3) is 0.706. The summed E-state index contributed by atoms with van der Waals surface area (Å²) in [5, 5.41) is 0. The molecule has 0 radical (unpaired) electrons. The molecule has 1 saturated carbocycles. The van der Waals surface area contributed by atoms with Gasteiger partial charge in [-0.1, -0.05) is 27.7 Å². The molecule has 0 bridgehead atoms. The summed E-state index contributed by atoms with van der Waals surface area (Å²) in [6, 6.07) is 0. The number of fused-ring (bicyclic) bond motifs is 2. The zero-order valence-electron chi connectivity index (χ0n) is 14.7. The second kappa shape index (κ2) is 5.84. The second-order valence-corrected chi connectivity index (χ2v) is 11.5. The predicted octanol–water partition coefficient (Wildman–Crippen LogP) is 2.86. The van der Waals surface area contributed by atoms with Crippen LogP contribution in [0, 0.1) is 0 Å². The lowest BCUT2D eigenvalue weighted by Gasteiger charge is -2.40. The summed E-state index contributed by atoms with van der Waals surface area (Å²) in [5.74, 6) is 0.0510. The molecule has 0 aromatic heterocycles. The molecule has 3 rings (SSSR count). The van der Waals surface area contributed by atoms with Crippen molar-refractivity contribution in [2.24, 2.45) is 0 Å². The molecule has 23 heavy (non-hydrogen) atoms. The van der Waals surface area contributed by atoms with Gasteiger partial charge in [0.05, 0.1) is 6.26 Å². The molecule has 3 aliphatic rings. The Morgan fingerprint density at radius 3 is 2.43 bits per heavy atom. The first-order valence-corrected chi connectivity index (χ1v) is 10.3. The van der Waals surface area contributed by atoms with E-state index in [0.29, 0.717) is 16.7 Å². The van der Waals surface area contributed by atoms with Gasteiger partial charge >= 0.3 is 8.56 Å². The highest BCUT2D eigenvalue weighted by Crippen LogP contribution is 2.46. The highest BCUT2D eigenvalue weighted by atomic mass is 28.4. The van der Waals surface area contributed by atoms with Gasteiger partial charge in [-0.3, -0.25) is 4.79 Å². The third-order valence-electron chi connectivity index (χ3n) is 5.02. The zero-order valence-corrected chi connectivity index (χ0v) is 15.7. The molecular formula is C17H26O5Si. The van der Waals surface area contributed by atoms with E-state index in [-0.39, 0.29) is 30.2 Å². The predicted molar refractivity (Wildman–Crippen MR) is 88.2 cm³/mol. The van der Waals surface area contributed by atoms with E-state index in [9.17, 15) is 4.79 Å². The molecule has 0 amide bonds. The highest BCUT2D eigenvalue weighted by Gasteiger charge is 2.61. The van der Waals surface area contributed by atoms with Crippen molar-refractivity contribution in [3.8, 4) is 0 Å². The van der Waals surface area contributed by atoms with Crippen LogP contribution in [-0.4, -0.2) is 45.9 Å². The molecule has 128 valence electrons. The van der Waals surface area contributed by atoms with Crippen LogP contribution in [-0.2, 0) is 23.1 Å². The number of rotatable bonds is 5. The summed E-state index contributed by atoms with van der Waals surface area (Å²) in [6.07, 6.45) is 2.59. The minimum absolute atomic E-state index is 0.0510. The summed E-state index contributed by atoms with van der Waals surface area (Å²) in [5.41, 5.74) is 2.08. The van der Waals surface area contributed by atoms with Crippen LogP contribution in [0.15, 0.2) is 23.5 Å². The Hall–Kier alpha value is -0.953. The maximum atomic E-state index is 12.4. The van der Waals surface area contributed by atoms with Gasteiger partial charge in [0.1, 0.15) is 24.4 Å². The van der Waals surface area contributed by atoms with Crippen LogP contribution < -0.4 is 0 Å². The van der Waals surface area contributed by atoms with Crippen molar-refractivity contribution >= 4 is 14.3 Å². The molecule has 4 atom stereocenters. The monoisotopic (exact) mass is 338 g/mol. The summed E-state index contributed by atoms with van der Waals surface area (Å²) >= 11 is 0. The van der Waals surface area contributed by atoms with Crippen LogP contribution in [0.1, 0.15) is 34.6 Å². The Labute approximate surface area is 138 Å². The SMILES string of the molecule is CO[Si](O[C@H]1C2=COC(C)C=C2C(=O)[C@@H]2O[C@@H]21)(C(C)C)C(C)C. The Morgan fingerprint density at radius 1 is 1.22 bits per heavy atom. The van der Waals surface area contributed by atoms with Gasteiger partial charge in [0.25, 0.3) is 0 Å². The van der Waals surface area contributed by atoms with Gasteiger partial charge in [-0.2, -0.15) is 0 Å². The Kier molecular flexibility index (Phi) is 4.29. The van der Waals surface area contributed by atoms with Gasteiger partial charge in [-0.15, -0.1) is 0 Å². The second-order valence-electron chi connectivity index (χ2n) is 7.15. The number of Topliss-reactive ketones (excluding diaryl/α,β-unsaturated/α-hetero) is 1. The number of ether oxygens (including phenoxy) is 2. The maximum Gasteiger partial charge on any atom is 0.343 e. The average Bonchev–Trinajstić information content (AvgIpc) is 3.28. The van der Waals surface area contributed by atoms with Crippen LogP contribution in [0.4, 0.5) is 0 Å². The van der Waals surface area contributed by atoms with Gasteiger partial charge in [-0.05, 0) is 24.1 Å². The van der Waals surface area contributed by atoms with Crippen molar-refractivity contribution in [1.29, 1.82) is 0 Å². The lowest BCUT2D eigenvalue weighted by molar-refractivity contribution is -0.117. The summed E-state index contributed by atoms with van der Waals surface area (Å²) in [6.45, 7) is 10.5. The maximum absolute atomic E-state index is 12.4. The molecule has 2 fully saturated rings. The van der Waals surface area contributed by atoms with Crippen molar-refractivity contribution in [2.45, 2.75) is 70.1 Å². The fourth-order valence-electron chi connectivity index (χ4n) is 3.74. The van der Waals surface area contributed by atoms with Crippen LogP contribution in [0.3, 0.4) is 0 Å². The van der Waals surface area contributed by atoms with Crippen molar-refractivity contribution in [2.75, 3.05) is 7.11 Å². The fourth-order valence-corrected chi connectivity index (χ4v) is 7.32. The first-order valence-electron chi connectivity index (χ1n) is 8.32. The number of epoxide rings is 1. The van der Waals surface area contributed by atoms with Crippen molar-refractivity contribution in [3.05, 3.63) is 23.5 Å². The van der Waals surface area contributed by atoms with Crippen molar-refractivity contribution < 1.29 is 23.1 Å². The van der Waals surface area contributed by atoms with E-state index in [2.05, 4.69) is 27.7 Å². The third kappa shape index (κ3) is 2.61. The first-order chi connectivity index (χ1) is 10.8. The summed E-state index contributed by atoms with van der Waals surface area (Å²) in [7, 11) is -0.725. The molecule has 1 aliphatic carbocycles. The minimum atomic E-state index is -2.46. The van der Waals surface area contributed by atoms with Crippen LogP contribution >= 0.6 is 0 Å². The number of hydrogen-bond donors (Lipinski definition) is 0. The third-order valence-corrected chi connectivity index (χ3v) is 9.50. The Bertz CT molecular complexity index is 557. The molecular weight excluding hydrogens is 312 g/mol. The largest absolute Gasteiger partial charge is 0.494 e. The normalized spacial score (nSPS) is 33.0. The van der Waals surface area contributed by atoms with Crippen LogP contribution in [0.5, 0.6) is 0 Å². The van der Waals surface area contributed by atoms with E-state index in [1.165, 1.54) is 0 Å². The van der Waals surface area contributed by atoms with E-state index >= 15 is 0 Å². The average molecular weight is 338 g/mol. The van der Waals surface area contributed by atoms with Crippen LogP contribution in [0.25, 0.3) is 0 Å². The lowest BCUT2D eigenvalue weighted by Crippen LogP contribution is -2.53. The number of ketones is 1. The van der Waals surface area contributed by atoms with E-state index < -0.39 is 8.56 Å². The lowest BCUT2D eigenvalue weighted by atomic mass is 9.85. The zero-order chi connectivity index (χ0) is 16.9. The molecule has 2 heterocycles. The molecule has 2 aliphatic heterocycles. The Morgan fingerprint density at radius 2 is 1.87 bits per heavy atom. The Balaban J connectivity index is 1.94. The molecule has 6 heteroatoms. The molecule has 0 spiro atoms. The van der Waals surface area contributed by atoms with E-state index in [1.807, 2.05) is 13.0 Å². The number of carbonyl (C=O) groups excluding carboxylic acids is 1. The van der Waals surface area contributed by atoms with E-state index in [0.717, 1.165) is 5.57 Å². The van der Waals surface area contributed by atoms with E-state index in [1.54, 1.807) is 13.4 Å². The molecule has 1 saturated heterocycles. The van der Waals surface area contributed by atoms with Gasteiger partial charge in [0.2, 0.25) is 0 Å². The van der Waals surface area contributed by atoms with Gasteiger partial charge in [0, 0.05) is 18.3 Å². The standard InChI is InChI=1S/C17H26O5Si/c1-9(2)23(19-6,10(3)4)22-15-13-8-20-11(5)7-12(13)14(18)16-17(15)21-16/h7-11,15-17H,1-6H3/t11?,15-,16-,17+/m0/s1. The topological polar surface area (TPSA) is 57.3 Å². The molecule has 5 nitrogen and oxygen atoms in total. The summed E-state index contributed by atoms with van der Waals surface area (Å²) < 4.78 is 23.8. The number of hydrogen-bond acceptors (Lipinski definition) is 5. The molecule has 0 aromatic rings. The quantitative estimate of drug-likeness (QED) is 0.570. The molecule has 1 unspecified atom stereocenters. The molecule has 0 N–H and O–H groups in total. The minimum Gasteiger partial charge on any atom is -0.494 e. The number of carbonyl (C=O) groups is 1. The van der Waals surface area contributed by atoms with Gasteiger partial charge in [-0.25, -0.2) is 0 Å². The van der Waals surface area contributed by atoms with E-state index in [4.69, 9.17) is 18.3 Å². The van der Waals surface area contributed by atoms with Crippen molar-refractivity contribution in [1.82, 2.24) is 0 Å². The van der Waals surface area contributed by atoms with Gasteiger partial charge < -0.3 is 18.3 Å². The van der Waals surface area contributed by atoms with Crippen molar-refractivity contribution in [3.63, 3.8) is 0 Å².